The second-order valence-electron chi connectivity index (χ2n) is 5.73. The van der Waals surface area contributed by atoms with Gasteiger partial charge in [-0.1, -0.05) is 0 Å². The molecule has 4 nitrogen and oxygen atoms in total. The second-order valence-corrected chi connectivity index (χ2v) is 5.73. The number of hydrogen-bond donors (Lipinski definition) is 1. The van der Waals surface area contributed by atoms with Crippen LogP contribution in [0.1, 0.15) is 25.7 Å². The lowest BCUT2D eigenvalue weighted by Crippen LogP contribution is -2.34. The van der Waals surface area contributed by atoms with Crippen molar-refractivity contribution in [3.8, 4) is 0 Å². The SMILES string of the molecule is COCCNCCCN1CCC2(CCOCC2)C1. The van der Waals surface area contributed by atoms with Gasteiger partial charge in [0.05, 0.1) is 6.61 Å². The average Bonchev–Trinajstić information content (AvgIpc) is 2.78. The number of nitrogens with zero attached hydrogens (tertiary/aromatic N) is 1. The zero-order valence-electron chi connectivity index (χ0n) is 11.7. The van der Waals surface area contributed by atoms with Crippen molar-refractivity contribution in [2.45, 2.75) is 25.7 Å². The van der Waals surface area contributed by atoms with Gasteiger partial charge in [0.15, 0.2) is 0 Å². The van der Waals surface area contributed by atoms with E-state index in [0.717, 1.165) is 32.9 Å². The molecule has 0 aromatic carbocycles. The van der Waals surface area contributed by atoms with E-state index in [1.165, 1.54) is 45.3 Å². The number of hydrogen-bond acceptors (Lipinski definition) is 4. The zero-order chi connectivity index (χ0) is 12.7. The Balaban J connectivity index is 1.55. The predicted octanol–water partition coefficient (Wildman–Crippen LogP) is 1.12. The summed E-state index contributed by atoms with van der Waals surface area (Å²) in [6.45, 7) is 8.68. The highest BCUT2D eigenvalue weighted by molar-refractivity contribution is 4.91. The highest BCUT2D eigenvalue weighted by Gasteiger charge is 2.38. The summed E-state index contributed by atoms with van der Waals surface area (Å²) in [6.07, 6.45) is 5.18. The molecule has 106 valence electrons. The molecule has 2 heterocycles. The first-order chi connectivity index (χ1) is 8.85. The highest BCUT2D eigenvalue weighted by atomic mass is 16.5. The van der Waals surface area contributed by atoms with E-state index in [2.05, 4.69) is 10.2 Å². The van der Waals surface area contributed by atoms with Gasteiger partial charge in [-0.15, -0.1) is 0 Å². The molecule has 1 N–H and O–H groups in total. The molecular weight excluding hydrogens is 228 g/mol. The Kier molecular flexibility index (Phi) is 5.89. The van der Waals surface area contributed by atoms with Crippen LogP contribution in [0.4, 0.5) is 0 Å². The van der Waals surface area contributed by atoms with Crippen molar-refractivity contribution in [1.82, 2.24) is 10.2 Å². The minimum Gasteiger partial charge on any atom is -0.383 e. The largest absolute Gasteiger partial charge is 0.383 e. The molecule has 4 heteroatoms. The molecule has 0 aromatic rings. The lowest BCUT2D eigenvalue weighted by atomic mass is 9.80. The molecule has 0 bridgehead atoms. The van der Waals surface area contributed by atoms with E-state index < -0.39 is 0 Å². The van der Waals surface area contributed by atoms with Crippen LogP contribution in [0, 0.1) is 5.41 Å². The van der Waals surface area contributed by atoms with Crippen molar-refractivity contribution < 1.29 is 9.47 Å². The summed E-state index contributed by atoms with van der Waals surface area (Å²) in [7, 11) is 1.75. The fraction of sp³-hybridized carbons (Fsp3) is 1.00. The monoisotopic (exact) mass is 256 g/mol. The van der Waals surface area contributed by atoms with E-state index >= 15 is 0 Å². The topological polar surface area (TPSA) is 33.7 Å². The number of likely N-dealkylation sites (tertiary alicyclic amines) is 1. The van der Waals surface area contributed by atoms with Crippen LogP contribution in [-0.4, -0.2) is 64.6 Å². The van der Waals surface area contributed by atoms with Crippen LogP contribution >= 0.6 is 0 Å². The molecule has 0 unspecified atom stereocenters. The lowest BCUT2D eigenvalue weighted by Gasteiger charge is -2.33. The van der Waals surface area contributed by atoms with E-state index in [0.29, 0.717) is 5.41 Å². The van der Waals surface area contributed by atoms with Gasteiger partial charge in [0.2, 0.25) is 0 Å². The molecule has 0 aliphatic carbocycles. The summed E-state index contributed by atoms with van der Waals surface area (Å²) < 4.78 is 10.5. The van der Waals surface area contributed by atoms with Gasteiger partial charge < -0.3 is 19.7 Å². The summed E-state index contributed by atoms with van der Waals surface area (Å²) >= 11 is 0. The number of ether oxygens (including phenoxy) is 2. The number of methoxy groups -OCH3 is 1. The minimum atomic E-state index is 0.599. The van der Waals surface area contributed by atoms with E-state index in [1.54, 1.807) is 7.11 Å². The first kappa shape index (κ1) is 14.3. The van der Waals surface area contributed by atoms with Crippen molar-refractivity contribution in [3.63, 3.8) is 0 Å². The second kappa shape index (κ2) is 7.43. The number of rotatable bonds is 7. The van der Waals surface area contributed by atoms with E-state index in [9.17, 15) is 0 Å². The lowest BCUT2D eigenvalue weighted by molar-refractivity contribution is 0.0193. The third kappa shape index (κ3) is 4.19. The van der Waals surface area contributed by atoms with Crippen LogP contribution in [-0.2, 0) is 9.47 Å². The first-order valence-corrected chi connectivity index (χ1v) is 7.34. The van der Waals surface area contributed by atoms with Gasteiger partial charge in [-0.25, -0.2) is 0 Å². The number of nitrogens with one attached hydrogen (secondary N) is 1. The summed E-state index contributed by atoms with van der Waals surface area (Å²) in [5.74, 6) is 0. The normalized spacial score (nSPS) is 23.8. The molecule has 2 aliphatic heterocycles. The average molecular weight is 256 g/mol. The molecule has 0 saturated carbocycles. The Morgan fingerprint density at radius 2 is 2.06 bits per heavy atom. The van der Waals surface area contributed by atoms with Gasteiger partial charge in [-0.2, -0.15) is 0 Å². The van der Waals surface area contributed by atoms with Gasteiger partial charge in [-0.3, -0.25) is 0 Å². The van der Waals surface area contributed by atoms with Crippen molar-refractivity contribution in [1.29, 1.82) is 0 Å². The molecule has 0 amide bonds. The van der Waals surface area contributed by atoms with E-state index in [1.807, 2.05) is 0 Å². The molecule has 0 aromatic heterocycles. The Labute approximate surface area is 111 Å². The van der Waals surface area contributed by atoms with Gasteiger partial charge >= 0.3 is 0 Å². The molecule has 0 atom stereocenters. The van der Waals surface area contributed by atoms with Crippen LogP contribution in [0.5, 0.6) is 0 Å². The van der Waals surface area contributed by atoms with Crippen molar-refractivity contribution >= 4 is 0 Å². The third-order valence-corrected chi connectivity index (χ3v) is 4.38. The molecule has 1 spiro atoms. The van der Waals surface area contributed by atoms with Crippen molar-refractivity contribution in [2.75, 3.05) is 59.7 Å². The maximum Gasteiger partial charge on any atom is 0.0587 e. The molecule has 2 saturated heterocycles. The highest BCUT2D eigenvalue weighted by Crippen LogP contribution is 2.39. The van der Waals surface area contributed by atoms with Crippen LogP contribution < -0.4 is 5.32 Å². The van der Waals surface area contributed by atoms with Gasteiger partial charge in [0.1, 0.15) is 0 Å². The molecule has 0 radical (unpaired) electrons. The summed E-state index contributed by atoms with van der Waals surface area (Å²) in [6, 6.07) is 0. The predicted molar refractivity (Wildman–Crippen MR) is 72.9 cm³/mol. The summed E-state index contributed by atoms with van der Waals surface area (Å²) in [4.78, 5) is 2.64. The fourth-order valence-corrected chi connectivity index (χ4v) is 3.16. The van der Waals surface area contributed by atoms with Crippen LogP contribution in [0.25, 0.3) is 0 Å². The summed E-state index contributed by atoms with van der Waals surface area (Å²) in [5.41, 5.74) is 0.599. The van der Waals surface area contributed by atoms with Crippen LogP contribution in [0.15, 0.2) is 0 Å². The van der Waals surface area contributed by atoms with Gasteiger partial charge in [-0.05, 0) is 50.7 Å². The molecule has 2 aliphatic rings. The Hall–Kier alpha value is -0.160. The quantitative estimate of drug-likeness (QED) is 0.692. The zero-order valence-corrected chi connectivity index (χ0v) is 11.7. The fourth-order valence-electron chi connectivity index (χ4n) is 3.16. The maximum atomic E-state index is 5.49. The van der Waals surface area contributed by atoms with Crippen molar-refractivity contribution in [3.05, 3.63) is 0 Å². The third-order valence-electron chi connectivity index (χ3n) is 4.38. The van der Waals surface area contributed by atoms with E-state index in [4.69, 9.17) is 9.47 Å². The molecular formula is C14H28N2O2. The molecule has 2 fully saturated rings. The van der Waals surface area contributed by atoms with Crippen molar-refractivity contribution in [2.24, 2.45) is 5.41 Å². The smallest absolute Gasteiger partial charge is 0.0587 e. The van der Waals surface area contributed by atoms with Gasteiger partial charge in [0, 0.05) is 33.4 Å². The maximum absolute atomic E-state index is 5.49. The van der Waals surface area contributed by atoms with Crippen LogP contribution in [0.3, 0.4) is 0 Å². The van der Waals surface area contributed by atoms with Gasteiger partial charge in [0.25, 0.3) is 0 Å². The Bertz CT molecular complexity index is 230. The molecule has 18 heavy (non-hydrogen) atoms. The standard InChI is InChI=1S/C14H28N2O2/c1-17-12-7-15-6-2-8-16-9-3-14(13-16)4-10-18-11-5-14/h15H,2-13H2,1H3. The first-order valence-electron chi connectivity index (χ1n) is 7.34. The van der Waals surface area contributed by atoms with Crippen LogP contribution in [0.2, 0.25) is 0 Å². The van der Waals surface area contributed by atoms with E-state index in [-0.39, 0.29) is 0 Å². The molecule has 2 rings (SSSR count). The Morgan fingerprint density at radius 1 is 1.22 bits per heavy atom. The minimum absolute atomic E-state index is 0.599. The Morgan fingerprint density at radius 3 is 2.83 bits per heavy atom. The summed E-state index contributed by atoms with van der Waals surface area (Å²) in [5, 5.41) is 3.41.